The van der Waals surface area contributed by atoms with Gasteiger partial charge >= 0.3 is 0 Å². The van der Waals surface area contributed by atoms with Gasteiger partial charge in [-0.1, -0.05) is 6.92 Å². The average molecular weight is 286 g/mol. The minimum Gasteiger partial charge on any atom is -0.399 e. The summed E-state index contributed by atoms with van der Waals surface area (Å²) in [6.07, 6.45) is 0. The molecule has 0 aliphatic rings. The molecule has 21 heavy (non-hydrogen) atoms. The van der Waals surface area contributed by atoms with E-state index in [1.807, 2.05) is 45.2 Å². The van der Waals surface area contributed by atoms with Gasteiger partial charge in [-0.15, -0.1) is 0 Å². The topological polar surface area (TPSA) is 71.2 Å². The maximum atomic E-state index is 11.7. The number of aryl methyl sites for hydroxylation is 1. The monoisotopic (exact) mass is 286 g/mol. The van der Waals surface area contributed by atoms with Crippen molar-refractivity contribution in [2.75, 3.05) is 31.3 Å². The predicted octanol–water partition coefficient (Wildman–Crippen LogP) is 1.94. The molecular formula is C16H22N4O. The highest BCUT2D eigenvalue weighted by Crippen LogP contribution is 2.28. The first-order valence-corrected chi connectivity index (χ1v) is 7.02. The lowest BCUT2D eigenvalue weighted by Gasteiger charge is -2.24. The Morgan fingerprint density at radius 1 is 1.43 bits per heavy atom. The number of amides is 1. The Labute approximate surface area is 125 Å². The van der Waals surface area contributed by atoms with Crippen molar-refractivity contribution in [3.63, 3.8) is 0 Å². The normalized spacial score (nSPS) is 12.2. The second kappa shape index (κ2) is 5.99. The first-order chi connectivity index (χ1) is 9.92. The van der Waals surface area contributed by atoms with Crippen LogP contribution in [-0.4, -0.2) is 31.5 Å². The van der Waals surface area contributed by atoms with Crippen LogP contribution in [0.2, 0.25) is 0 Å². The fraction of sp³-hybridized carbons (Fsp3) is 0.375. The van der Waals surface area contributed by atoms with Crippen LogP contribution in [0.3, 0.4) is 0 Å². The van der Waals surface area contributed by atoms with Crippen molar-refractivity contribution < 1.29 is 4.79 Å². The van der Waals surface area contributed by atoms with Crippen molar-refractivity contribution in [2.45, 2.75) is 13.8 Å². The quantitative estimate of drug-likeness (QED) is 0.843. The van der Waals surface area contributed by atoms with Gasteiger partial charge in [-0.2, -0.15) is 0 Å². The summed E-state index contributed by atoms with van der Waals surface area (Å²) in [5.74, 6) is -0.0546. The van der Waals surface area contributed by atoms with Gasteiger partial charge in [0.15, 0.2) is 0 Å². The van der Waals surface area contributed by atoms with Crippen LogP contribution in [0, 0.1) is 12.8 Å². The molecular weight excluding hydrogens is 264 g/mol. The molecule has 0 spiro atoms. The fourth-order valence-corrected chi connectivity index (χ4v) is 2.51. The minimum atomic E-state index is -0.0930. The molecule has 0 aliphatic heterocycles. The zero-order valence-corrected chi connectivity index (χ0v) is 13.0. The van der Waals surface area contributed by atoms with Crippen LogP contribution >= 0.6 is 0 Å². The van der Waals surface area contributed by atoms with Crippen molar-refractivity contribution in [1.82, 2.24) is 10.3 Å². The van der Waals surface area contributed by atoms with Gasteiger partial charge < -0.3 is 16.0 Å². The Bertz CT molecular complexity index is 669. The number of aromatic nitrogens is 1. The smallest absolute Gasteiger partial charge is 0.224 e. The molecule has 5 nitrogen and oxygen atoms in total. The molecule has 2 aromatic rings. The van der Waals surface area contributed by atoms with E-state index in [0.29, 0.717) is 12.2 Å². The number of rotatable bonds is 4. The molecule has 1 amide bonds. The van der Waals surface area contributed by atoms with Crippen LogP contribution in [0.15, 0.2) is 24.3 Å². The summed E-state index contributed by atoms with van der Waals surface area (Å²) in [6.45, 7) is 4.52. The van der Waals surface area contributed by atoms with E-state index in [0.717, 1.165) is 22.3 Å². The van der Waals surface area contributed by atoms with E-state index in [4.69, 9.17) is 5.73 Å². The zero-order chi connectivity index (χ0) is 15.6. The molecule has 1 atom stereocenters. The molecule has 0 bridgehead atoms. The van der Waals surface area contributed by atoms with Gasteiger partial charge in [0.1, 0.15) is 0 Å². The Hall–Kier alpha value is -2.30. The van der Waals surface area contributed by atoms with Gasteiger partial charge in [0, 0.05) is 43.1 Å². The van der Waals surface area contributed by atoms with E-state index >= 15 is 0 Å². The number of nitrogens with two attached hydrogens (primary N) is 1. The Morgan fingerprint density at radius 3 is 2.81 bits per heavy atom. The number of carbonyl (C=O) groups is 1. The maximum absolute atomic E-state index is 11.7. The molecule has 1 heterocycles. The van der Waals surface area contributed by atoms with Crippen LogP contribution in [0.1, 0.15) is 12.6 Å². The van der Waals surface area contributed by atoms with Gasteiger partial charge in [0.2, 0.25) is 5.91 Å². The van der Waals surface area contributed by atoms with Crippen molar-refractivity contribution in [2.24, 2.45) is 5.92 Å². The molecule has 5 heteroatoms. The number of nitrogen functional groups attached to an aromatic ring is 1. The lowest BCUT2D eigenvalue weighted by atomic mass is 10.1. The average Bonchev–Trinajstić information content (AvgIpc) is 2.45. The molecule has 1 unspecified atom stereocenters. The van der Waals surface area contributed by atoms with Crippen LogP contribution in [0.25, 0.3) is 10.9 Å². The minimum absolute atomic E-state index is 0.0384. The first kappa shape index (κ1) is 15.1. The maximum Gasteiger partial charge on any atom is 0.224 e. The van der Waals surface area contributed by atoms with Crippen LogP contribution in [0.5, 0.6) is 0 Å². The number of fused-ring (bicyclic) bond motifs is 1. The Balaban J connectivity index is 2.40. The van der Waals surface area contributed by atoms with Gasteiger partial charge in [0.25, 0.3) is 0 Å². The molecule has 2 rings (SSSR count). The van der Waals surface area contributed by atoms with Gasteiger partial charge in [-0.25, -0.2) is 0 Å². The molecule has 0 fully saturated rings. The molecule has 0 saturated carbocycles. The number of pyridine rings is 1. The lowest BCUT2D eigenvalue weighted by molar-refractivity contribution is -0.123. The molecule has 1 aromatic carbocycles. The summed E-state index contributed by atoms with van der Waals surface area (Å²) in [5.41, 5.74) is 9.51. The number of hydrogen-bond donors (Lipinski definition) is 2. The largest absolute Gasteiger partial charge is 0.399 e. The molecule has 3 N–H and O–H groups in total. The van der Waals surface area contributed by atoms with Crippen LogP contribution < -0.4 is 16.0 Å². The zero-order valence-electron chi connectivity index (χ0n) is 13.0. The van der Waals surface area contributed by atoms with Crippen LogP contribution in [0.4, 0.5) is 11.4 Å². The number of anilines is 2. The summed E-state index contributed by atoms with van der Waals surface area (Å²) < 4.78 is 0. The molecule has 0 saturated heterocycles. The number of nitrogens with zero attached hydrogens (tertiary/aromatic N) is 2. The second-order valence-corrected chi connectivity index (χ2v) is 5.46. The van der Waals surface area contributed by atoms with E-state index in [1.54, 1.807) is 7.05 Å². The van der Waals surface area contributed by atoms with Crippen molar-refractivity contribution in [1.29, 1.82) is 0 Å². The summed E-state index contributed by atoms with van der Waals surface area (Å²) in [5, 5.41) is 3.69. The van der Waals surface area contributed by atoms with Crippen molar-refractivity contribution in [3.8, 4) is 0 Å². The third kappa shape index (κ3) is 3.24. The third-order valence-corrected chi connectivity index (χ3v) is 3.59. The summed E-state index contributed by atoms with van der Waals surface area (Å²) >= 11 is 0. The molecule has 1 aromatic heterocycles. The molecule has 0 radical (unpaired) electrons. The Kier molecular flexibility index (Phi) is 4.31. The van der Waals surface area contributed by atoms with E-state index in [1.165, 1.54) is 0 Å². The number of carbonyl (C=O) groups excluding carboxylic acids is 1. The summed E-state index contributed by atoms with van der Waals surface area (Å²) in [7, 11) is 3.64. The van der Waals surface area contributed by atoms with Crippen molar-refractivity contribution in [3.05, 3.63) is 30.0 Å². The van der Waals surface area contributed by atoms with E-state index in [9.17, 15) is 4.79 Å². The lowest BCUT2D eigenvalue weighted by Crippen LogP contribution is -2.34. The summed E-state index contributed by atoms with van der Waals surface area (Å²) in [4.78, 5) is 18.3. The van der Waals surface area contributed by atoms with Gasteiger partial charge in [0.05, 0.1) is 11.4 Å². The highest BCUT2D eigenvalue weighted by atomic mass is 16.1. The summed E-state index contributed by atoms with van der Waals surface area (Å²) in [6, 6.07) is 7.74. The number of hydrogen-bond acceptors (Lipinski definition) is 4. The molecule has 0 aliphatic carbocycles. The van der Waals surface area contributed by atoms with Crippen molar-refractivity contribution >= 4 is 28.2 Å². The highest BCUT2D eigenvalue weighted by Gasteiger charge is 2.16. The number of benzene rings is 1. The first-order valence-electron chi connectivity index (χ1n) is 7.02. The van der Waals surface area contributed by atoms with E-state index < -0.39 is 0 Å². The SMILES string of the molecule is CNC(=O)C(C)CN(C)c1cc(C)nc2ccc(N)cc12. The third-order valence-electron chi connectivity index (χ3n) is 3.59. The standard InChI is InChI=1S/C16H22N4O/c1-10(16(21)18-3)9-20(4)15-7-11(2)19-14-6-5-12(17)8-13(14)15/h5-8,10H,9,17H2,1-4H3,(H,18,21). The van der Waals surface area contributed by atoms with Gasteiger partial charge in [-0.3, -0.25) is 9.78 Å². The number of nitrogens with one attached hydrogen (secondary N) is 1. The highest BCUT2D eigenvalue weighted by molar-refractivity contribution is 5.94. The second-order valence-electron chi connectivity index (χ2n) is 5.46. The van der Waals surface area contributed by atoms with Crippen LogP contribution in [-0.2, 0) is 4.79 Å². The van der Waals surface area contributed by atoms with E-state index in [-0.39, 0.29) is 11.8 Å². The predicted molar refractivity (Wildman–Crippen MR) is 87.4 cm³/mol. The molecule has 112 valence electrons. The van der Waals surface area contributed by atoms with E-state index in [2.05, 4.69) is 15.2 Å². The Morgan fingerprint density at radius 2 is 2.14 bits per heavy atom. The van der Waals surface area contributed by atoms with Gasteiger partial charge in [-0.05, 0) is 31.2 Å². The fourth-order valence-electron chi connectivity index (χ4n) is 2.51.